The molecule has 0 spiro atoms. The largest absolute Gasteiger partial charge is 0.494 e. The molecule has 0 saturated carbocycles. The third kappa shape index (κ3) is 3.94. The molecule has 0 atom stereocenters. The van der Waals surface area contributed by atoms with E-state index in [1.54, 1.807) is 0 Å². The van der Waals surface area contributed by atoms with Crippen LogP contribution in [0.3, 0.4) is 0 Å². The van der Waals surface area contributed by atoms with Crippen LogP contribution in [0, 0.1) is 0 Å². The number of carboxylic acid groups (broad SMARTS) is 1. The second-order valence-electron chi connectivity index (χ2n) is 5.95. The van der Waals surface area contributed by atoms with Gasteiger partial charge < -0.3 is 15.1 Å². The van der Waals surface area contributed by atoms with Crippen LogP contribution in [0.15, 0.2) is 53.3 Å². The second-order valence-corrected chi connectivity index (χ2v) is 7.02. The summed E-state index contributed by atoms with van der Waals surface area (Å²) in [4.78, 5) is 26.4. The summed E-state index contributed by atoms with van der Waals surface area (Å²) in [5, 5.41) is 19.0. The lowest BCUT2D eigenvalue weighted by Gasteiger charge is -2.17. The highest BCUT2D eigenvalue weighted by Gasteiger charge is 2.15. The van der Waals surface area contributed by atoms with Gasteiger partial charge in [-0.05, 0) is 28.3 Å². The van der Waals surface area contributed by atoms with Gasteiger partial charge in [-0.1, -0.05) is 53.8 Å². The van der Waals surface area contributed by atoms with E-state index in [0.717, 1.165) is 33.6 Å². The number of hydrogen-bond acceptors (Lipinski definition) is 4. The van der Waals surface area contributed by atoms with Gasteiger partial charge in [0.1, 0.15) is 0 Å². The van der Waals surface area contributed by atoms with Crippen molar-refractivity contribution in [2.24, 2.45) is 0 Å². The summed E-state index contributed by atoms with van der Waals surface area (Å²) in [5.41, 5.74) is 3.71. The van der Waals surface area contributed by atoms with Gasteiger partial charge in [0.2, 0.25) is 5.88 Å². The molecule has 1 aromatic heterocycles. The van der Waals surface area contributed by atoms with Crippen LogP contribution in [0.5, 0.6) is 5.88 Å². The predicted molar refractivity (Wildman–Crippen MR) is 101 cm³/mol. The number of amides is 1. The zero-order valence-corrected chi connectivity index (χ0v) is 14.9. The Labute approximate surface area is 154 Å². The number of thiazole rings is 1. The van der Waals surface area contributed by atoms with Crippen LogP contribution in [-0.4, -0.2) is 33.2 Å². The molecule has 0 saturated heterocycles. The Bertz CT molecular complexity index is 979. The minimum Gasteiger partial charge on any atom is -0.494 e. The Balaban J connectivity index is 2.00. The number of benzene rings is 2. The number of hydrogen-bond donors (Lipinski definition) is 3. The topological polar surface area (TPSA) is 93.6 Å². The van der Waals surface area contributed by atoms with Crippen LogP contribution in [0.4, 0.5) is 4.79 Å². The molecule has 6 nitrogen and oxygen atoms in total. The molecule has 0 unspecified atom stereocenters. The molecule has 1 heterocycles. The van der Waals surface area contributed by atoms with E-state index >= 15 is 0 Å². The molecular formula is C19H18N2O4S. The van der Waals surface area contributed by atoms with E-state index in [-0.39, 0.29) is 17.3 Å². The van der Waals surface area contributed by atoms with E-state index in [1.165, 1.54) is 11.9 Å². The predicted octanol–water partition coefficient (Wildman–Crippen LogP) is 3.51. The highest BCUT2D eigenvalue weighted by atomic mass is 32.1. The van der Waals surface area contributed by atoms with E-state index in [2.05, 4.69) is 4.98 Å². The van der Waals surface area contributed by atoms with Gasteiger partial charge in [-0.3, -0.25) is 9.78 Å². The maximum Gasteiger partial charge on any atom is 0.407 e. The maximum atomic E-state index is 11.4. The van der Waals surface area contributed by atoms with Gasteiger partial charge in [-0.15, -0.1) is 0 Å². The van der Waals surface area contributed by atoms with E-state index in [9.17, 15) is 19.8 Å². The molecule has 0 bridgehead atoms. The lowest BCUT2D eigenvalue weighted by molar-refractivity contribution is 0.153. The van der Waals surface area contributed by atoms with Crippen molar-refractivity contribution in [1.29, 1.82) is 0 Å². The summed E-state index contributed by atoms with van der Waals surface area (Å²) >= 11 is 0.953. The third-order valence-corrected chi connectivity index (χ3v) is 4.97. The van der Waals surface area contributed by atoms with Gasteiger partial charge in [0.05, 0.1) is 4.88 Å². The number of aromatic amines is 1. The first-order chi connectivity index (χ1) is 12.4. The smallest absolute Gasteiger partial charge is 0.407 e. The van der Waals surface area contributed by atoms with Crippen molar-refractivity contribution >= 4 is 17.4 Å². The highest BCUT2D eigenvalue weighted by molar-refractivity contribution is 7.09. The lowest BCUT2D eigenvalue weighted by Crippen LogP contribution is -2.24. The second kappa shape index (κ2) is 7.45. The van der Waals surface area contributed by atoms with Crippen molar-refractivity contribution in [2.45, 2.75) is 13.0 Å². The van der Waals surface area contributed by atoms with E-state index in [1.807, 2.05) is 48.5 Å². The van der Waals surface area contributed by atoms with Gasteiger partial charge >= 0.3 is 11.0 Å². The number of rotatable bonds is 5. The zero-order chi connectivity index (χ0) is 18.7. The quantitative estimate of drug-likeness (QED) is 0.641. The monoisotopic (exact) mass is 370 g/mol. The van der Waals surface area contributed by atoms with Crippen LogP contribution < -0.4 is 4.87 Å². The van der Waals surface area contributed by atoms with Crippen LogP contribution in [0.25, 0.3) is 11.1 Å². The minimum atomic E-state index is -1.02. The number of H-pyrrole nitrogens is 1. The number of nitrogens with one attached hydrogen (secondary N) is 1. The van der Waals surface area contributed by atoms with Crippen LogP contribution in [0.2, 0.25) is 0 Å². The average molecular weight is 370 g/mol. The Kier molecular flexibility index (Phi) is 5.09. The number of aromatic nitrogens is 1. The van der Waals surface area contributed by atoms with Crippen LogP contribution in [-0.2, 0) is 13.0 Å². The van der Waals surface area contributed by atoms with Crippen molar-refractivity contribution in [3.63, 3.8) is 0 Å². The molecule has 1 amide bonds. The van der Waals surface area contributed by atoms with Crippen molar-refractivity contribution in [2.75, 3.05) is 7.05 Å². The van der Waals surface area contributed by atoms with Crippen molar-refractivity contribution in [3.05, 3.63) is 74.2 Å². The highest BCUT2D eigenvalue weighted by Crippen LogP contribution is 2.27. The van der Waals surface area contributed by atoms with Crippen molar-refractivity contribution in [1.82, 2.24) is 9.88 Å². The van der Waals surface area contributed by atoms with E-state index in [0.29, 0.717) is 11.3 Å². The van der Waals surface area contributed by atoms with E-state index < -0.39 is 6.09 Å². The Morgan fingerprint density at radius 2 is 1.85 bits per heavy atom. The van der Waals surface area contributed by atoms with Gasteiger partial charge in [-0.25, -0.2) is 4.79 Å². The zero-order valence-electron chi connectivity index (χ0n) is 14.1. The number of carbonyl (C=O) groups is 1. The van der Waals surface area contributed by atoms with Crippen molar-refractivity contribution < 1.29 is 15.0 Å². The van der Waals surface area contributed by atoms with E-state index in [4.69, 9.17) is 0 Å². The van der Waals surface area contributed by atoms with Crippen LogP contribution >= 0.6 is 11.3 Å². The SMILES string of the molecule is CN(Cc1cc(-c2ccccc2)ccc1Cc1sc(=O)[nH]c1O)C(=O)O. The molecule has 3 aromatic rings. The third-order valence-electron chi connectivity index (χ3n) is 4.10. The summed E-state index contributed by atoms with van der Waals surface area (Å²) in [5.74, 6) is -0.135. The van der Waals surface area contributed by atoms with Crippen molar-refractivity contribution in [3.8, 4) is 17.0 Å². The molecule has 0 aliphatic rings. The van der Waals surface area contributed by atoms with Crippen LogP contribution in [0.1, 0.15) is 16.0 Å². The molecule has 0 radical (unpaired) electrons. The Morgan fingerprint density at radius 1 is 1.12 bits per heavy atom. The molecule has 3 N–H and O–H groups in total. The molecule has 0 aliphatic heterocycles. The Hall–Kier alpha value is -3.06. The molecule has 2 aromatic carbocycles. The molecule has 26 heavy (non-hydrogen) atoms. The minimum absolute atomic E-state index is 0.135. The summed E-state index contributed by atoms with van der Waals surface area (Å²) in [7, 11) is 1.51. The normalized spacial score (nSPS) is 10.7. The Morgan fingerprint density at radius 3 is 2.46 bits per heavy atom. The summed E-state index contributed by atoms with van der Waals surface area (Å²) < 4.78 is 0. The standard InChI is InChI=1S/C19H18N2O4S/c1-21(19(24)25)11-15-9-13(12-5-3-2-4-6-12)7-8-14(15)10-16-17(22)20-18(23)26-16/h2-9,22H,10-11H2,1H3,(H,20,23)(H,24,25). The van der Waals surface area contributed by atoms with Gasteiger partial charge in [0, 0.05) is 20.0 Å². The fraction of sp³-hybridized carbons (Fsp3) is 0.158. The first-order valence-electron chi connectivity index (χ1n) is 7.96. The number of aromatic hydroxyl groups is 1. The van der Waals surface area contributed by atoms with Gasteiger partial charge in [0.25, 0.3) is 0 Å². The summed E-state index contributed by atoms with van der Waals surface area (Å²) in [6.45, 7) is 0.214. The fourth-order valence-electron chi connectivity index (χ4n) is 2.72. The number of nitrogens with zero attached hydrogens (tertiary/aromatic N) is 1. The molecule has 7 heteroatoms. The molecule has 0 fully saturated rings. The first-order valence-corrected chi connectivity index (χ1v) is 8.78. The molecule has 134 valence electrons. The lowest BCUT2D eigenvalue weighted by atomic mass is 9.97. The molecule has 3 rings (SSSR count). The molecular weight excluding hydrogens is 352 g/mol. The first kappa shape index (κ1) is 17.8. The van der Waals surface area contributed by atoms with Gasteiger partial charge in [0.15, 0.2) is 0 Å². The van der Waals surface area contributed by atoms with Gasteiger partial charge in [-0.2, -0.15) is 0 Å². The fourth-order valence-corrected chi connectivity index (χ4v) is 3.47. The summed E-state index contributed by atoms with van der Waals surface area (Å²) in [6.07, 6.45) is -0.664. The average Bonchev–Trinajstić information content (AvgIpc) is 2.94. The molecule has 0 aliphatic carbocycles. The summed E-state index contributed by atoms with van der Waals surface area (Å²) in [6, 6.07) is 15.6. The maximum absolute atomic E-state index is 11.4.